The molecule has 0 amide bonds. The predicted molar refractivity (Wildman–Crippen MR) is 175 cm³/mol. The predicted octanol–water partition coefficient (Wildman–Crippen LogP) is 9.48. The van der Waals surface area contributed by atoms with E-state index >= 15 is 0 Å². The Morgan fingerprint density at radius 1 is 0.795 bits per heavy atom. The molecule has 4 rings (SSSR count). The van der Waals surface area contributed by atoms with E-state index in [4.69, 9.17) is 4.43 Å². The first-order valence-corrected chi connectivity index (χ1v) is 24.7. The van der Waals surface area contributed by atoms with Crippen molar-refractivity contribution < 1.29 is 4.43 Å². The van der Waals surface area contributed by atoms with Gasteiger partial charge in [-0.3, -0.25) is 0 Å². The average molecular weight is 648 g/mol. The summed E-state index contributed by atoms with van der Waals surface area (Å²) >= 11 is -3.44. The second kappa shape index (κ2) is 12.7. The Kier molecular flexibility index (Phi) is 9.93. The van der Waals surface area contributed by atoms with Crippen LogP contribution < -0.4 is 7.16 Å². The van der Waals surface area contributed by atoms with E-state index in [1.165, 1.54) is 29.3 Å². The van der Waals surface area contributed by atoms with Crippen LogP contribution in [0.1, 0.15) is 72.5 Å². The van der Waals surface area contributed by atoms with Gasteiger partial charge in [-0.05, 0) is 0 Å². The van der Waals surface area contributed by atoms with Crippen molar-refractivity contribution in [1.82, 2.24) is 0 Å². The molecule has 1 unspecified atom stereocenters. The number of rotatable bonds is 9. The van der Waals surface area contributed by atoms with Crippen molar-refractivity contribution in [3.05, 3.63) is 96.6 Å². The molecule has 0 aromatic heterocycles. The van der Waals surface area contributed by atoms with Crippen molar-refractivity contribution in [2.75, 3.05) is 0 Å². The summed E-state index contributed by atoms with van der Waals surface area (Å²) in [6.45, 7) is 19.5. The van der Waals surface area contributed by atoms with Crippen LogP contribution in [0.5, 0.6) is 0 Å². The van der Waals surface area contributed by atoms with Gasteiger partial charge in [0.2, 0.25) is 0 Å². The van der Waals surface area contributed by atoms with Gasteiger partial charge in [0.05, 0.1) is 0 Å². The van der Waals surface area contributed by atoms with Crippen LogP contribution in [0.25, 0.3) is 0 Å². The molecule has 0 heterocycles. The van der Waals surface area contributed by atoms with Gasteiger partial charge in [0.25, 0.3) is 0 Å². The molecule has 1 aliphatic carbocycles. The first-order chi connectivity index (χ1) is 18.5. The molecule has 39 heavy (non-hydrogen) atoms. The molecule has 0 aliphatic heterocycles. The minimum absolute atomic E-state index is 0.119. The third-order valence-electron chi connectivity index (χ3n) is 10.2. The number of hydrogen-bond acceptors (Lipinski definition) is 1. The third kappa shape index (κ3) is 6.76. The summed E-state index contributed by atoms with van der Waals surface area (Å²) in [5, 5.41) is 0.164. The molecule has 0 spiro atoms. The fourth-order valence-corrected chi connectivity index (χ4v) is 27.3. The quantitative estimate of drug-likeness (QED) is 0.210. The topological polar surface area (TPSA) is 9.23 Å². The zero-order valence-electron chi connectivity index (χ0n) is 25.8. The van der Waals surface area contributed by atoms with Crippen molar-refractivity contribution in [3.63, 3.8) is 0 Å². The van der Waals surface area contributed by atoms with Gasteiger partial charge in [-0.15, -0.1) is 0 Å². The monoisotopic (exact) mass is 648 g/mol. The molecule has 0 bridgehead atoms. The summed E-state index contributed by atoms with van der Waals surface area (Å²) < 4.78 is 12.7. The van der Waals surface area contributed by atoms with Crippen LogP contribution >= 0.6 is 0 Å². The molecule has 210 valence electrons. The van der Waals surface area contributed by atoms with Crippen molar-refractivity contribution in [3.8, 4) is 0 Å². The molecule has 1 saturated carbocycles. The van der Waals surface area contributed by atoms with Crippen LogP contribution in [0.3, 0.4) is 0 Å². The summed E-state index contributed by atoms with van der Waals surface area (Å²) in [6, 6.07) is 34.8. The third-order valence-corrected chi connectivity index (χ3v) is 30.8. The Hall–Kier alpha value is -1.36. The van der Waals surface area contributed by atoms with Gasteiger partial charge < -0.3 is 0 Å². The van der Waals surface area contributed by atoms with E-state index < -0.39 is 26.7 Å². The Balaban J connectivity index is 1.98. The first-order valence-electron chi connectivity index (χ1n) is 15.3. The Bertz CT molecular complexity index is 1110. The van der Waals surface area contributed by atoms with E-state index in [0.29, 0.717) is 5.92 Å². The van der Waals surface area contributed by atoms with Gasteiger partial charge in [0, 0.05) is 0 Å². The Morgan fingerprint density at radius 2 is 1.28 bits per heavy atom. The van der Waals surface area contributed by atoms with E-state index in [9.17, 15) is 0 Å². The molecule has 0 saturated heterocycles. The second-order valence-electron chi connectivity index (χ2n) is 14.1. The van der Waals surface area contributed by atoms with Gasteiger partial charge in [0.15, 0.2) is 0 Å². The molecule has 1 fully saturated rings. The fourth-order valence-electron chi connectivity index (χ4n) is 6.94. The standard InChI is InChI=1S/C14H23OSi.C10H19.2C6H5.Sn/c1-12(13-10-8-7-9-11-13)15-16(5,6)14(2,3)4;1-8(2)10-6-4-9(3)5-7-10;2*1-2-4-6-5-3-1;/h7-12H,1H2,2-6H3;6,8-10H,4-5,7H2,1-3H3;2*1-5H;/t;9-,10-;;;/m.0.../s1. The van der Waals surface area contributed by atoms with Crippen molar-refractivity contribution in [2.45, 2.75) is 93.4 Å². The number of benzene rings is 3. The zero-order valence-corrected chi connectivity index (χ0v) is 29.6. The summed E-state index contributed by atoms with van der Waals surface area (Å²) in [7, 11) is -2.02. The Morgan fingerprint density at radius 3 is 1.74 bits per heavy atom. The first kappa shape index (κ1) is 30.6. The van der Waals surface area contributed by atoms with Crippen LogP contribution in [0.4, 0.5) is 0 Å². The van der Waals surface area contributed by atoms with Crippen LogP contribution in [0.15, 0.2) is 91.0 Å². The molecule has 0 radical (unpaired) electrons. The normalized spacial score (nSPS) is 21.6. The van der Waals surface area contributed by atoms with Crippen LogP contribution in [0, 0.1) is 17.8 Å². The van der Waals surface area contributed by atoms with Gasteiger partial charge >= 0.3 is 246 Å². The molecule has 4 atom stereocenters. The number of hydrogen-bond donors (Lipinski definition) is 0. The second-order valence-corrected chi connectivity index (χ2v) is 31.0. The maximum atomic E-state index is 7.49. The maximum absolute atomic E-state index is 7.49. The molecule has 3 aromatic carbocycles. The van der Waals surface area contributed by atoms with Crippen molar-refractivity contribution >= 4 is 33.9 Å². The molecule has 1 nitrogen and oxygen atoms in total. The molecule has 3 heteroatoms. The fraction of sp³-hybridized carbons (Fsp3) is 0.500. The molecule has 1 aliphatic rings. The summed E-state index contributed by atoms with van der Waals surface area (Å²) in [4.78, 5) is 0. The van der Waals surface area contributed by atoms with E-state index in [0.717, 1.165) is 15.8 Å². The van der Waals surface area contributed by atoms with Crippen LogP contribution in [-0.4, -0.2) is 26.7 Å². The molecular weight excluding hydrogens is 595 g/mol. The van der Waals surface area contributed by atoms with Crippen molar-refractivity contribution in [1.29, 1.82) is 0 Å². The molecule has 0 N–H and O–H groups in total. The Labute approximate surface area is 244 Å². The molecule has 3 aromatic rings. The van der Waals surface area contributed by atoms with Crippen molar-refractivity contribution in [2.24, 2.45) is 17.8 Å². The molecular formula is C36H52OSiSn. The summed E-state index contributed by atoms with van der Waals surface area (Å²) in [6.07, 6.45) is 4.20. The average Bonchev–Trinajstić information content (AvgIpc) is 2.91. The van der Waals surface area contributed by atoms with E-state index in [1.807, 2.05) is 0 Å². The minimum atomic E-state index is -3.44. The SMILES string of the molecule is CC(C)[C@@H]1CC[C@@H](C)C[C@H]1[Sn]([CH2]C(O[Si](C)(C)C(C)(C)C)c1ccccc1)([c]1ccccc1)[c]1ccccc1. The van der Waals surface area contributed by atoms with Gasteiger partial charge in [-0.2, -0.15) is 0 Å². The summed E-state index contributed by atoms with van der Waals surface area (Å²) in [5.74, 6) is 2.24. The van der Waals surface area contributed by atoms with E-state index in [1.54, 1.807) is 7.16 Å². The van der Waals surface area contributed by atoms with E-state index in [2.05, 4.69) is 146 Å². The van der Waals surface area contributed by atoms with Gasteiger partial charge in [-0.25, -0.2) is 0 Å². The van der Waals surface area contributed by atoms with E-state index in [-0.39, 0.29) is 11.1 Å². The summed E-state index contributed by atoms with van der Waals surface area (Å²) in [5.41, 5.74) is 1.36. The van der Waals surface area contributed by atoms with Crippen LogP contribution in [-0.2, 0) is 4.43 Å². The van der Waals surface area contributed by atoms with Crippen LogP contribution in [0.2, 0.25) is 26.5 Å². The van der Waals surface area contributed by atoms with Gasteiger partial charge in [0.1, 0.15) is 0 Å². The van der Waals surface area contributed by atoms with Gasteiger partial charge in [-0.1, -0.05) is 0 Å². The zero-order chi connectivity index (χ0) is 28.3.